The minimum absolute atomic E-state index is 0.0781. The molecule has 6 heteroatoms. The van der Waals surface area contributed by atoms with Gasteiger partial charge in [-0.2, -0.15) is 0 Å². The van der Waals surface area contributed by atoms with Gasteiger partial charge >= 0.3 is 5.97 Å². The predicted octanol–water partition coefficient (Wildman–Crippen LogP) is 4.44. The molecule has 1 heterocycles. The third kappa shape index (κ3) is 3.90. The van der Waals surface area contributed by atoms with Crippen LogP contribution in [0.25, 0.3) is 10.9 Å². The fraction of sp³-hybridized carbons (Fsp3) is 0. The zero-order chi connectivity index (χ0) is 15.4. The lowest BCUT2D eigenvalue weighted by Crippen LogP contribution is -2.01. The quantitative estimate of drug-likeness (QED) is 0.579. The molecule has 1 aromatic heterocycles. The summed E-state index contributed by atoms with van der Waals surface area (Å²) in [6.07, 6.45) is 1.90. The number of nitrogen functional groups attached to an aromatic ring is 1. The van der Waals surface area contributed by atoms with Crippen molar-refractivity contribution >= 4 is 45.8 Å². The second-order valence-corrected chi connectivity index (χ2v) is 5.12. The van der Waals surface area contributed by atoms with E-state index in [9.17, 15) is 4.79 Å². The highest BCUT2D eigenvalue weighted by Crippen LogP contribution is 2.18. The Morgan fingerprint density at radius 1 is 1.05 bits per heavy atom. The molecule has 0 bridgehead atoms. The standard InChI is InChI=1S/C8H6ClN.C7H6ClNO2/c9-7-2-1-6-3-4-10-8(6)5-7;8-4-1-2-5(7(10)11)6(9)3-4/h1-5,10H;1-3H,9H2,(H,10,11). The van der Waals surface area contributed by atoms with Crippen LogP contribution in [-0.4, -0.2) is 16.1 Å². The summed E-state index contributed by atoms with van der Waals surface area (Å²) in [6, 6.07) is 12.1. The van der Waals surface area contributed by atoms with Gasteiger partial charge in [-0.05, 0) is 41.8 Å². The van der Waals surface area contributed by atoms with Crippen LogP contribution in [0.4, 0.5) is 5.69 Å². The zero-order valence-corrected chi connectivity index (χ0v) is 12.3. The SMILES string of the molecule is Clc1ccc2cc[nH]c2c1.Nc1cc(Cl)ccc1C(=O)O. The molecular formula is C15H12Cl2N2O2. The van der Waals surface area contributed by atoms with Gasteiger partial charge in [-0.25, -0.2) is 4.79 Å². The van der Waals surface area contributed by atoms with E-state index in [1.165, 1.54) is 23.6 Å². The monoisotopic (exact) mass is 322 g/mol. The van der Waals surface area contributed by atoms with Gasteiger partial charge in [0.1, 0.15) is 0 Å². The van der Waals surface area contributed by atoms with Gasteiger partial charge in [-0.1, -0.05) is 29.3 Å². The van der Waals surface area contributed by atoms with Crippen molar-refractivity contribution in [2.24, 2.45) is 0 Å². The van der Waals surface area contributed by atoms with Crippen molar-refractivity contribution in [3.05, 3.63) is 64.3 Å². The number of nitrogens with one attached hydrogen (secondary N) is 1. The van der Waals surface area contributed by atoms with Crippen LogP contribution in [0, 0.1) is 0 Å². The van der Waals surface area contributed by atoms with E-state index < -0.39 is 5.97 Å². The molecule has 0 aliphatic carbocycles. The van der Waals surface area contributed by atoms with Crippen LogP contribution < -0.4 is 5.73 Å². The summed E-state index contributed by atoms with van der Waals surface area (Å²) in [5.41, 5.74) is 6.71. The molecule has 108 valence electrons. The number of nitrogens with two attached hydrogens (primary N) is 1. The van der Waals surface area contributed by atoms with E-state index in [2.05, 4.69) is 4.98 Å². The van der Waals surface area contributed by atoms with E-state index in [-0.39, 0.29) is 11.3 Å². The van der Waals surface area contributed by atoms with Crippen LogP contribution >= 0.6 is 23.2 Å². The number of carbonyl (C=O) groups is 1. The molecule has 0 radical (unpaired) electrons. The van der Waals surface area contributed by atoms with Crippen LogP contribution in [0.1, 0.15) is 10.4 Å². The van der Waals surface area contributed by atoms with E-state index in [4.69, 9.17) is 34.0 Å². The Bertz CT molecular complexity index is 784. The molecule has 3 rings (SSSR count). The minimum Gasteiger partial charge on any atom is -0.478 e. The van der Waals surface area contributed by atoms with Crippen molar-refractivity contribution in [3.8, 4) is 0 Å². The first-order chi connectivity index (χ1) is 9.97. The first-order valence-electron chi connectivity index (χ1n) is 5.98. The Hall–Kier alpha value is -2.17. The summed E-state index contributed by atoms with van der Waals surface area (Å²) in [7, 11) is 0. The number of carboxylic acid groups (broad SMARTS) is 1. The average molecular weight is 323 g/mol. The number of benzene rings is 2. The summed E-state index contributed by atoms with van der Waals surface area (Å²) in [6.45, 7) is 0. The number of hydrogen-bond acceptors (Lipinski definition) is 2. The first-order valence-corrected chi connectivity index (χ1v) is 6.74. The fourth-order valence-corrected chi connectivity index (χ4v) is 2.10. The van der Waals surface area contributed by atoms with E-state index in [1.807, 2.05) is 30.5 Å². The number of anilines is 1. The Morgan fingerprint density at radius 3 is 2.38 bits per heavy atom. The van der Waals surface area contributed by atoms with Crippen molar-refractivity contribution in [2.45, 2.75) is 0 Å². The number of aromatic nitrogens is 1. The van der Waals surface area contributed by atoms with Crippen molar-refractivity contribution in [3.63, 3.8) is 0 Å². The third-order valence-corrected chi connectivity index (χ3v) is 3.23. The maximum atomic E-state index is 10.4. The molecule has 0 amide bonds. The fourth-order valence-electron chi connectivity index (χ4n) is 1.75. The lowest BCUT2D eigenvalue weighted by atomic mass is 10.2. The molecule has 4 nitrogen and oxygen atoms in total. The van der Waals surface area contributed by atoms with Gasteiger partial charge < -0.3 is 15.8 Å². The first kappa shape index (κ1) is 15.2. The van der Waals surface area contributed by atoms with Crippen molar-refractivity contribution in [1.29, 1.82) is 0 Å². The Balaban J connectivity index is 0.000000154. The second kappa shape index (κ2) is 6.52. The van der Waals surface area contributed by atoms with Crippen LogP contribution in [0.15, 0.2) is 48.7 Å². The zero-order valence-electron chi connectivity index (χ0n) is 10.8. The Morgan fingerprint density at radius 2 is 1.71 bits per heavy atom. The second-order valence-electron chi connectivity index (χ2n) is 4.25. The summed E-state index contributed by atoms with van der Waals surface area (Å²) >= 11 is 11.3. The maximum Gasteiger partial charge on any atom is 0.337 e. The number of rotatable bonds is 1. The number of aromatic amines is 1. The summed E-state index contributed by atoms with van der Waals surface area (Å²) < 4.78 is 0. The lowest BCUT2D eigenvalue weighted by molar-refractivity contribution is 0.0698. The smallest absolute Gasteiger partial charge is 0.337 e. The largest absolute Gasteiger partial charge is 0.478 e. The molecule has 0 atom stereocenters. The molecule has 0 unspecified atom stereocenters. The molecule has 0 fully saturated rings. The number of halogens is 2. The normalized spacial score (nSPS) is 10.0. The molecular weight excluding hydrogens is 311 g/mol. The highest BCUT2D eigenvalue weighted by molar-refractivity contribution is 6.31. The van der Waals surface area contributed by atoms with Crippen LogP contribution in [0.3, 0.4) is 0 Å². The van der Waals surface area contributed by atoms with Crippen molar-refractivity contribution in [2.75, 3.05) is 5.73 Å². The molecule has 3 aromatic rings. The number of hydrogen-bond donors (Lipinski definition) is 3. The number of aromatic carboxylic acids is 1. The molecule has 0 saturated heterocycles. The number of fused-ring (bicyclic) bond motifs is 1. The van der Waals surface area contributed by atoms with Crippen molar-refractivity contribution < 1.29 is 9.90 Å². The van der Waals surface area contributed by atoms with E-state index in [1.54, 1.807) is 0 Å². The van der Waals surface area contributed by atoms with Crippen LogP contribution in [0.2, 0.25) is 10.0 Å². The molecule has 0 aliphatic heterocycles. The lowest BCUT2D eigenvalue weighted by Gasteiger charge is -1.98. The summed E-state index contributed by atoms with van der Waals surface area (Å²) in [4.78, 5) is 13.5. The van der Waals surface area contributed by atoms with Gasteiger partial charge in [0.15, 0.2) is 0 Å². The van der Waals surface area contributed by atoms with Gasteiger partial charge in [0.25, 0.3) is 0 Å². The van der Waals surface area contributed by atoms with E-state index in [0.29, 0.717) is 5.02 Å². The molecule has 0 aliphatic rings. The highest BCUT2D eigenvalue weighted by Gasteiger charge is 2.06. The number of carboxylic acids is 1. The molecule has 0 saturated carbocycles. The van der Waals surface area contributed by atoms with Gasteiger partial charge in [-0.15, -0.1) is 0 Å². The Labute approximate surface area is 131 Å². The minimum atomic E-state index is -1.04. The van der Waals surface area contributed by atoms with E-state index >= 15 is 0 Å². The van der Waals surface area contributed by atoms with Gasteiger partial charge in [0.05, 0.1) is 5.56 Å². The van der Waals surface area contributed by atoms with Crippen LogP contribution in [0.5, 0.6) is 0 Å². The molecule has 0 spiro atoms. The van der Waals surface area contributed by atoms with Crippen molar-refractivity contribution in [1.82, 2.24) is 4.98 Å². The molecule has 2 aromatic carbocycles. The maximum absolute atomic E-state index is 10.4. The third-order valence-electron chi connectivity index (χ3n) is 2.76. The Kier molecular flexibility index (Phi) is 4.73. The summed E-state index contributed by atoms with van der Waals surface area (Å²) in [5.74, 6) is -1.04. The molecule has 21 heavy (non-hydrogen) atoms. The van der Waals surface area contributed by atoms with E-state index in [0.717, 1.165) is 10.5 Å². The highest BCUT2D eigenvalue weighted by atomic mass is 35.5. The summed E-state index contributed by atoms with van der Waals surface area (Å²) in [5, 5.41) is 10.9. The number of H-pyrrole nitrogens is 1. The average Bonchev–Trinajstić information content (AvgIpc) is 2.86. The van der Waals surface area contributed by atoms with Crippen LogP contribution in [-0.2, 0) is 0 Å². The van der Waals surface area contributed by atoms with Gasteiger partial charge in [-0.3, -0.25) is 0 Å². The van der Waals surface area contributed by atoms with Gasteiger partial charge in [0.2, 0.25) is 0 Å². The molecule has 4 N–H and O–H groups in total. The van der Waals surface area contributed by atoms with Gasteiger partial charge in [0, 0.05) is 27.4 Å². The topological polar surface area (TPSA) is 79.1 Å². The predicted molar refractivity (Wildman–Crippen MR) is 86.1 cm³/mol.